The molecule has 1 heterocycles. The molecule has 1 aromatic heterocycles. The van der Waals surface area contributed by atoms with Crippen molar-refractivity contribution in [3.63, 3.8) is 0 Å². The first kappa shape index (κ1) is 17.7. The number of halogens is 1. The van der Waals surface area contributed by atoms with Crippen molar-refractivity contribution in [2.75, 3.05) is 44.4 Å². The van der Waals surface area contributed by atoms with Crippen LogP contribution in [0.1, 0.15) is 18.2 Å². The molecule has 116 valence electrons. The molecule has 0 fully saturated rings. The summed E-state index contributed by atoms with van der Waals surface area (Å²) in [4.78, 5) is 13.0. The Morgan fingerprint density at radius 3 is 2.57 bits per heavy atom. The maximum atomic E-state index is 5.83. The maximum Gasteiger partial charge on any atom is 0.222 e. The van der Waals surface area contributed by atoms with E-state index in [2.05, 4.69) is 56.2 Å². The van der Waals surface area contributed by atoms with Gasteiger partial charge in [0, 0.05) is 30.2 Å². The van der Waals surface area contributed by atoms with Crippen molar-refractivity contribution in [1.29, 1.82) is 0 Å². The summed E-state index contributed by atoms with van der Waals surface area (Å²) in [6, 6.07) is 0. The first-order valence-corrected chi connectivity index (χ1v) is 7.70. The van der Waals surface area contributed by atoms with Crippen LogP contribution in [0, 0.1) is 6.92 Å². The summed E-state index contributed by atoms with van der Waals surface area (Å²) in [5, 5.41) is 0. The predicted molar refractivity (Wildman–Crippen MR) is 94.7 cm³/mol. The molecule has 0 aromatic carbocycles. The number of nitrogen functional groups attached to an aromatic ring is 1. The number of hydrogen-bond acceptors (Lipinski definition) is 5. The zero-order chi connectivity index (χ0) is 16.0. The quantitative estimate of drug-likeness (QED) is 0.763. The molecule has 6 heteroatoms. The Kier molecular flexibility index (Phi) is 6.84. The number of likely N-dealkylation sites (N-methyl/N-ethyl adjacent to an activating group) is 2. The molecule has 0 saturated heterocycles. The smallest absolute Gasteiger partial charge is 0.222 e. The second kappa shape index (κ2) is 8.14. The van der Waals surface area contributed by atoms with E-state index >= 15 is 0 Å². The maximum absolute atomic E-state index is 5.83. The summed E-state index contributed by atoms with van der Waals surface area (Å²) in [5.41, 5.74) is 7.65. The van der Waals surface area contributed by atoms with Gasteiger partial charge in [0.15, 0.2) is 0 Å². The van der Waals surface area contributed by atoms with Crippen molar-refractivity contribution in [3.8, 4) is 0 Å². The minimum atomic E-state index is 0.283. The fourth-order valence-electron chi connectivity index (χ4n) is 1.83. The Bertz CT molecular complexity index is 527. The Morgan fingerprint density at radius 1 is 1.33 bits per heavy atom. The standard InChI is InChI=1S/C15H24BrN5/c1-6-20(4)9-10-21(5)14-12(3)13(8-7-11(2)16)18-15(17)19-14/h7-8H,2,6,9-10H2,1,3-5H3,(H2,17,18,19)/b8-7-. The van der Waals surface area contributed by atoms with E-state index in [1.54, 1.807) is 0 Å². The Balaban J connectivity index is 2.98. The lowest BCUT2D eigenvalue weighted by atomic mass is 10.2. The highest BCUT2D eigenvalue weighted by Gasteiger charge is 2.12. The minimum absolute atomic E-state index is 0.283. The van der Waals surface area contributed by atoms with Gasteiger partial charge in [0.25, 0.3) is 0 Å². The van der Waals surface area contributed by atoms with Crippen LogP contribution in [0.2, 0.25) is 0 Å². The fourth-order valence-corrected chi connectivity index (χ4v) is 1.96. The monoisotopic (exact) mass is 353 g/mol. The van der Waals surface area contributed by atoms with Gasteiger partial charge in [-0.05, 0) is 32.7 Å². The lowest BCUT2D eigenvalue weighted by Crippen LogP contribution is -2.31. The zero-order valence-corrected chi connectivity index (χ0v) is 14.8. The van der Waals surface area contributed by atoms with Crippen molar-refractivity contribution in [3.05, 3.63) is 28.4 Å². The Morgan fingerprint density at radius 2 is 2.00 bits per heavy atom. The highest BCUT2D eigenvalue weighted by atomic mass is 79.9. The van der Waals surface area contributed by atoms with Crippen LogP contribution in [0.5, 0.6) is 0 Å². The lowest BCUT2D eigenvalue weighted by molar-refractivity contribution is 0.360. The summed E-state index contributed by atoms with van der Waals surface area (Å²) in [6.45, 7) is 10.8. The number of rotatable bonds is 7. The summed E-state index contributed by atoms with van der Waals surface area (Å²) in [5.74, 6) is 1.15. The van der Waals surface area contributed by atoms with E-state index < -0.39 is 0 Å². The van der Waals surface area contributed by atoms with Crippen LogP contribution in [0.3, 0.4) is 0 Å². The van der Waals surface area contributed by atoms with Gasteiger partial charge in [-0.15, -0.1) is 0 Å². The van der Waals surface area contributed by atoms with Gasteiger partial charge in [-0.1, -0.05) is 29.4 Å². The van der Waals surface area contributed by atoms with Gasteiger partial charge >= 0.3 is 0 Å². The topological polar surface area (TPSA) is 58.3 Å². The van der Waals surface area contributed by atoms with E-state index in [9.17, 15) is 0 Å². The average Bonchev–Trinajstić information content (AvgIpc) is 2.44. The van der Waals surface area contributed by atoms with E-state index in [0.29, 0.717) is 0 Å². The molecule has 0 atom stereocenters. The third-order valence-electron chi connectivity index (χ3n) is 3.32. The summed E-state index contributed by atoms with van der Waals surface area (Å²) < 4.78 is 0.790. The van der Waals surface area contributed by atoms with Crippen LogP contribution in [0.25, 0.3) is 6.08 Å². The molecule has 0 spiro atoms. The van der Waals surface area contributed by atoms with Crippen molar-refractivity contribution in [1.82, 2.24) is 14.9 Å². The van der Waals surface area contributed by atoms with Crippen LogP contribution < -0.4 is 10.6 Å². The number of anilines is 2. The second-order valence-corrected chi connectivity index (χ2v) is 6.03. The van der Waals surface area contributed by atoms with Gasteiger partial charge in [-0.25, -0.2) is 4.98 Å². The van der Waals surface area contributed by atoms with Crippen LogP contribution >= 0.6 is 15.9 Å². The van der Waals surface area contributed by atoms with Gasteiger partial charge in [-0.2, -0.15) is 4.98 Å². The third kappa shape index (κ3) is 5.47. The molecule has 1 rings (SSSR count). The molecule has 0 amide bonds. The van der Waals surface area contributed by atoms with Crippen molar-refractivity contribution in [2.24, 2.45) is 0 Å². The van der Waals surface area contributed by atoms with Gasteiger partial charge in [0.2, 0.25) is 5.95 Å². The predicted octanol–water partition coefficient (Wildman–Crippen LogP) is 2.68. The molecule has 0 bridgehead atoms. The minimum Gasteiger partial charge on any atom is -0.368 e. The molecule has 0 aliphatic carbocycles. The Hall–Kier alpha value is -1.40. The SMILES string of the molecule is C=C(Br)/C=C\c1nc(N)nc(N(C)CCN(C)CC)c1C. The van der Waals surface area contributed by atoms with E-state index in [0.717, 1.165) is 41.2 Å². The number of hydrogen-bond donors (Lipinski definition) is 1. The summed E-state index contributed by atoms with van der Waals surface area (Å²) >= 11 is 3.30. The van der Waals surface area contributed by atoms with Crippen LogP contribution in [0.15, 0.2) is 17.1 Å². The summed E-state index contributed by atoms with van der Waals surface area (Å²) in [6.07, 6.45) is 3.74. The Labute approximate surface area is 135 Å². The number of aromatic nitrogens is 2. The highest BCUT2D eigenvalue weighted by Crippen LogP contribution is 2.21. The van der Waals surface area contributed by atoms with E-state index in [-0.39, 0.29) is 5.95 Å². The van der Waals surface area contributed by atoms with Crippen LogP contribution in [-0.4, -0.2) is 48.6 Å². The molecule has 0 aliphatic rings. The molecule has 0 saturated carbocycles. The van der Waals surface area contributed by atoms with Crippen LogP contribution in [0.4, 0.5) is 11.8 Å². The molecule has 1 aromatic rings. The molecular formula is C15H24BrN5. The van der Waals surface area contributed by atoms with Gasteiger partial charge in [-0.3, -0.25) is 0 Å². The molecule has 2 N–H and O–H groups in total. The lowest BCUT2D eigenvalue weighted by Gasteiger charge is -2.24. The van der Waals surface area contributed by atoms with E-state index in [4.69, 9.17) is 5.73 Å². The first-order valence-electron chi connectivity index (χ1n) is 6.91. The van der Waals surface area contributed by atoms with Crippen molar-refractivity contribution in [2.45, 2.75) is 13.8 Å². The number of nitrogens with zero attached hydrogens (tertiary/aromatic N) is 4. The first-order chi connectivity index (χ1) is 9.85. The van der Waals surface area contributed by atoms with Crippen LogP contribution in [-0.2, 0) is 0 Å². The van der Waals surface area contributed by atoms with Gasteiger partial charge in [0.1, 0.15) is 5.82 Å². The zero-order valence-electron chi connectivity index (χ0n) is 13.2. The molecule has 5 nitrogen and oxygen atoms in total. The second-order valence-electron chi connectivity index (χ2n) is 5.01. The van der Waals surface area contributed by atoms with Gasteiger partial charge < -0.3 is 15.5 Å². The van der Waals surface area contributed by atoms with E-state index in [1.807, 2.05) is 26.1 Å². The molecular weight excluding hydrogens is 330 g/mol. The molecule has 21 heavy (non-hydrogen) atoms. The largest absolute Gasteiger partial charge is 0.368 e. The van der Waals surface area contributed by atoms with Crippen molar-refractivity contribution < 1.29 is 0 Å². The molecule has 0 unspecified atom stereocenters. The third-order valence-corrected chi connectivity index (χ3v) is 3.58. The van der Waals surface area contributed by atoms with Gasteiger partial charge in [0.05, 0.1) is 5.69 Å². The number of allylic oxidation sites excluding steroid dienone is 2. The summed E-state index contributed by atoms with van der Waals surface area (Å²) in [7, 11) is 4.12. The average molecular weight is 354 g/mol. The number of nitrogens with two attached hydrogens (primary N) is 1. The van der Waals surface area contributed by atoms with E-state index in [1.165, 1.54) is 0 Å². The highest BCUT2D eigenvalue weighted by molar-refractivity contribution is 9.11. The van der Waals surface area contributed by atoms with Crippen molar-refractivity contribution >= 4 is 33.8 Å². The molecule has 0 radical (unpaired) electrons. The normalized spacial score (nSPS) is 11.3. The molecule has 0 aliphatic heterocycles. The fraction of sp³-hybridized carbons (Fsp3) is 0.467.